The number of rotatable bonds is 5. The number of hydrogen-bond acceptors (Lipinski definition) is 2. The maximum Gasteiger partial charge on any atom is 0.149 e. The molecule has 0 fully saturated rings. The summed E-state index contributed by atoms with van der Waals surface area (Å²) in [4.78, 5) is 0. The predicted molar refractivity (Wildman–Crippen MR) is 70.5 cm³/mol. The molecule has 0 aromatic heterocycles. The van der Waals surface area contributed by atoms with Crippen LogP contribution in [-0.4, -0.2) is 13.2 Å². The summed E-state index contributed by atoms with van der Waals surface area (Å²) in [6, 6.07) is 6.04. The van der Waals surface area contributed by atoms with Crippen LogP contribution in [0.5, 0.6) is 5.75 Å². The van der Waals surface area contributed by atoms with Crippen LogP contribution in [0.4, 0.5) is 0 Å². The molecule has 0 aliphatic heterocycles. The fourth-order valence-corrected chi connectivity index (χ4v) is 1.82. The molecule has 16 heavy (non-hydrogen) atoms. The molecule has 0 saturated carbocycles. The van der Waals surface area contributed by atoms with E-state index >= 15 is 0 Å². The van der Waals surface area contributed by atoms with Crippen LogP contribution in [0.1, 0.15) is 19.4 Å². The summed E-state index contributed by atoms with van der Waals surface area (Å²) in [6.45, 7) is 6.08. The van der Waals surface area contributed by atoms with Crippen molar-refractivity contribution in [2.45, 2.75) is 20.4 Å². The lowest BCUT2D eigenvalue weighted by Gasteiger charge is -2.11. The first-order valence-electron chi connectivity index (χ1n) is 5.30. The Bertz CT molecular complexity index is 393. The standard InChI is InChI=1S/C13H16BrNO/c1-3-5-9-16-13-11(10-15-4-2)7-6-8-12(13)14/h6-8,15H,4,9-10H2,1-2H3. The second-order valence-electron chi connectivity index (χ2n) is 3.22. The molecule has 0 spiro atoms. The third-order valence-electron chi connectivity index (χ3n) is 2.08. The maximum atomic E-state index is 5.64. The highest BCUT2D eigenvalue weighted by atomic mass is 79.9. The Kier molecular flexibility index (Phi) is 5.99. The zero-order valence-electron chi connectivity index (χ0n) is 9.64. The topological polar surface area (TPSA) is 21.3 Å². The molecule has 1 aromatic rings. The third kappa shape index (κ3) is 3.88. The summed E-state index contributed by atoms with van der Waals surface area (Å²) >= 11 is 3.49. The van der Waals surface area contributed by atoms with Crippen molar-refractivity contribution in [3.8, 4) is 17.6 Å². The third-order valence-corrected chi connectivity index (χ3v) is 2.70. The molecule has 0 bridgehead atoms. The number of ether oxygens (including phenoxy) is 1. The zero-order chi connectivity index (χ0) is 11.8. The minimum atomic E-state index is 0.429. The average molecular weight is 282 g/mol. The highest BCUT2D eigenvalue weighted by Gasteiger charge is 2.06. The van der Waals surface area contributed by atoms with Crippen molar-refractivity contribution in [1.82, 2.24) is 5.32 Å². The van der Waals surface area contributed by atoms with Crippen LogP contribution in [-0.2, 0) is 6.54 Å². The number of benzene rings is 1. The minimum Gasteiger partial charge on any atom is -0.479 e. The van der Waals surface area contributed by atoms with Crippen LogP contribution in [0, 0.1) is 11.8 Å². The fourth-order valence-electron chi connectivity index (χ4n) is 1.29. The lowest BCUT2D eigenvalue weighted by atomic mass is 10.2. The molecule has 0 unspecified atom stereocenters. The van der Waals surface area contributed by atoms with E-state index in [1.54, 1.807) is 0 Å². The Balaban J connectivity index is 2.79. The summed E-state index contributed by atoms with van der Waals surface area (Å²) in [5, 5.41) is 3.29. The van der Waals surface area contributed by atoms with Crippen LogP contribution >= 0.6 is 15.9 Å². The summed E-state index contributed by atoms with van der Waals surface area (Å²) in [5.41, 5.74) is 1.15. The molecule has 0 atom stereocenters. The molecular weight excluding hydrogens is 266 g/mol. The Morgan fingerprint density at radius 1 is 1.44 bits per heavy atom. The lowest BCUT2D eigenvalue weighted by Crippen LogP contribution is -2.13. The number of halogens is 1. The van der Waals surface area contributed by atoms with Gasteiger partial charge in [0.2, 0.25) is 0 Å². The van der Waals surface area contributed by atoms with Gasteiger partial charge in [-0.3, -0.25) is 0 Å². The number of hydrogen-bond donors (Lipinski definition) is 1. The van der Waals surface area contributed by atoms with Gasteiger partial charge in [0.1, 0.15) is 12.4 Å². The van der Waals surface area contributed by atoms with Gasteiger partial charge < -0.3 is 10.1 Å². The van der Waals surface area contributed by atoms with Gasteiger partial charge in [0, 0.05) is 12.1 Å². The molecule has 2 nitrogen and oxygen atoms in total. The van der Waals surface area contributed by atoms with E-state index in [1.165, 1.54) is 0 Å². The molecule has 0 saturated heterocycles. The van der Waals surface area contributed by atoms with E-state index in [9.17, 15) is 0 Å². The molecule has 0 amide bonds. The van der Waals surface area contributed by atoms with E-state index in [-0.39, 0.29) is 0 Å². The Morgan fingerprint density at radius 2 is 2.25 bits per heavy atom. The van der Waals surface area contributed by atoms with Gasteiger partial charge in [-0.2, -0.15) is 0 Å². The molecular formula is C13H16BrNO. The summed E-state index contributed by atoms with van der Waals surface area (Å²) < 4.78 is 6.62. The van der Waals surface area contributed by atoms with Crippen LogP contribution in [0.15, 0.2) is 22.7 Å². The highest BCUT2D eigenvalue weighted by molar-refractivity contribution is 9.10. The molecule has 3 heteroatoms. The second kappa shape index (κ2) is 7.32. The first-order chi connectivity index (χ1) is 7.79. The van der Waals surface area contributed by atoms with E-state index in [0.717, 1.165) is 28.9 Å². The lowest BCUT2D eigenvalue weighted by molar-refractivity contribution is 0.362. The van der Waals surface area contributed by atoms with Crippen molar-refractivity contribution in [2.75, 3.05) is 13.2 Å². The van der Waals surface area contributed by atoms with Crippen molar-refractivity contribution in [2.24, 2.45) is 0 Å². The molecule has 0 heterocycles. The van der Waals surface area contributed by atoms with Crippen molar-refractivity contribution < 1.29 is 4.74 Å². The van der Waals surface area contributed by atoms with Crippen molar-refractivity contribution in [1.29, 1.82) is 0 Å². The molecule has 1 N–H and O–H groups in total. The van der Waals surface area contributed by atoms with Gasteiger partial charge in [-0.15, -0.1) is 5.92 Å². The van der Waals surface area contributed by atoms with Gasteiger partial charge in [0.15, 0.2) is 0 Å². The van der Waals surface area contributed by atoms with E-state index < -0.39 is 0 Å². The zero-order valence-corrected chi connectivity index (χ0v) is 11.2. The molecule has 86 valence electrons. The second-order valence-corrected chi connectivity index (χ2v) is 4.08. The van der Waals surface area contributed by atoms with Gasteiger partial charge >= 0.3 is 0 Å². The van der Waals surface area contributed by atoms with Gasteiger partial charge in [0.25, 0.3) is 0 Å². The fraction of sp³-hybridized carbons (Fsp3) is 0.385. The van der Waals surface area contributed by atoms with Crippen LogP contribution in [0.25, 0.3) is 0 Å². The molecule has 1 rings (SSSR count). The van der Waals surface area contributed by atoms with Crippen LogP contribution in [0.3, 0.4) is 0 Å². The average Bonchev–Trinajstić information content (AvgIpc) is 2.29. The smallest absolute Gasteiger partial charge is 0.149 e. The number of nitrogens with one attached hydrogen (secondary N) is 1. The van der Waals surface area contributed by atoms with Crippen LogP contribution in [0.2, 0.25) is 0 Å². The molecule has 0 aliphatic carbocycles. The quantitative estimate of drug-likeness (QED) is 0.838. The van der Waals surface area contributed by atoms with Gasteiger partial charge in [0.05, 0.1) is 4.47 Å². The van der Waals surface area contributed by atoms with E-state index in [4.69, 9.17) is 4.74 Å². The van der Waals surface area contributed by atoms with Crippen molar-refractivity contribution >= 4 is 15.9 Å². The summed E-state index contributed by atoms with van der Waals surface area (Å²) in [7, 11) is 0. The number of para-hydroxylation sites is 1. The normalized spacial score (nSPS) is 9.44. The van der Waals surface area contributed by atoms with E-state index in [0.29, 0.717) is 6.61 Å². The Labute approximate surface area is 106 Å². The Hall–Kier alpha value is -0.980. The van der Waals surface area contributed by atoms with E-state index in [1.807, 2.05) is 19.1 Å². The van der Waals surface area contributed by atoms with Crippen molar-refractivity contribution in [3.63, 3.8) is 0 Å². The molecule has 0 aliphatic rings. The monoisotopic (exact) mass is 281 g/mol. The van der Waals surface area contributed by atoms with Gasteiger partial charge in [-0.25, -0.2) is 0 Å². The van der Waals surface area contributed by atoms with Crippen LogP contribution < -0.4 is 10.1 Å². The van der Waals surface area contributed by atoms with Crippen molar-refractivity contribution in [3.05, 3.63) is 28.2 Å². The predicted octanol–water partition coefficient (Wildman–Crippen LogP) is 2.96. The summed E-state index contributed by atoms with van der Waals surface area (Å²) in [5.74, 6) is 6.59. The minimum absolute atomic E-state index is 0.429. The van der Waals surface area contributed by atoms with E-state index in [2.05, 4.69) is 46.1 Å². The SMILES string of the molecule is CC#CCOc1c(Br)cccc1CNCC. The van der Waals surface area contributed by atoms with Gasteiger partial charge in [-0.1, -0.05) is 25.0 Å². The molecule has 0 radical (unpaired) electrons. The van der Waals surface area contributed by atoms with Gasteiger partial charge in [-0.05, 0) is 35.5 Å². The molecule has 1 aromatic carbocycles. The first-order valence-corrected chi connectivity index (χ1v) is 6.09. The maximum absolute atomic E-state index is 5.64. The largest absolute Gasteiger partial charge is 0.479 e. The first kappa shape index (κ1) is 13.1. The summed E-state index contributed by atoms with van der Waals surface area (Å²) in [6.07, 6.45) is 0. The highest BCUT2D eigenvalue weighted by Crippen LogP contribution is 2.28. The Morgan fingerprint density at radius 3 is 2.94 bits per heavy atom.